The van der Waals surface area contributed by atoms with Gasteiger partial charge >= 0.3 is 0 Å². The second-order valence-electron chi connectivity index (χ2n) is 13.7. The van der Waals surface area contributed by atoms with Gasteiger partial charge in [-0.05, 0) is 53.1 Å². The molecule has 314 valence electrons. The van der Waals surface area contributed by atoms with E-state index in [1.54, 1.807) is 24.3 Å². The fourth-order valence-electron chi connectivity index (χ4n) is 7.53. The molecule has 0 spiro atoms. The highest BCUT2D eigenvalue weighted by Gasteiger charge is 2.49. The van der Waals surface area contributed by atoms with Gasteiger partial charge < -0.3 is 87.9 Å². The van der Waals surface area contributed by atoms with Crippen LogP contribution in [0, 0.1) is 11.8 Å². The second kappa shape index (κ2) is 18.0. The first kappa shape index (κ1) is 42.1. The van der Waals surface area contributed by atoms with E-state index >= 15 is 0 Å². The van der Waals surface area contributed by atoms with Crippen molar-refractivity contribution >= 4 is 0 Å². The Morgan fingerprint density at radius 1 is 0.632 bits per heavy atom. The van der Waals surface area contributed by atoms with E-state index < -0.39 is 68.3 Å². The summed E-state index contributed by atoms with van der Waals surface area (Å²) in [5.41, 5.74) is 1.65. The standard InChI is InChI=1S/C39H50O18/c1-47-22-7-17(8-23(48-2)31(22)43)30(42)28(13-40)55-37-24(49-3)9-18(10-25(37)50-4)35-20-15-54-36(21(20)16-53-35)19-11-26(51-5)38(27(12-19)52-6)57-39-34(46)33(45)32(44)29(14-41)56-39/h7-12,20-21,28-30,32-36,39-46H,13-16H2,1-6H3. The van der Waals surface area contributed by atoms with Gasteiger partial charge in [0.05, 0.1) is 81.3 Å². The summed E-state index contributed by atoms with van der Waals surface area (Å²) in [4.78, 5) is 0. The summed E-state index contributed by atoms with van der Waals surface area (Å²) >= 11 is 0. The van der Waals surface area contributed by atoms with Crippen LogP contribution in [-0.2, 0) is 14.2 Å². The minimum Gasteiger partial charge on any atom is -0.502 e. The SMILES string of the molecule is COc1cc(C(O)C(CO)Oc2c(OC)cc(C3OCC4C(c5cc(OC)c(OC6OC(CO)C(O)C(O)C6O)c(OC)c5)OCC34)cc2OC)cc(OC)c1O. The Hall–Kier alpha value is -4.50. The summed E-state index contributed by atoms with van der Waals surface area (Å²) in [5, 5.41) is 72.6. The van der Waals surface area contributed by atoms with Crippen LogP contribution in [0.4, 0.5) is 0 Å². The molecule has 3 aromatic rings. The lowest BCUT2D eigenvalue weighted by molar-refractivity contribution is -0.277. The Morgan fingerprint density at radius 2 is 1.09 bits per heavy atom. The number of hydrogen-bond donors (Lipinski definition) is 7. The van der Waals surface area contributed by atoms with E-state index in [1.807, 2.05) is 0 Å². The molecule has 11 atom stereocenters. The first-order chi connectivity index (χ1) is 27.5. The van der Waals surface area contributed by atoms with E-state index in [2.05, 4.69) is 0 Å². The van der Waals surface area contributed by atoms with Gasteiger partial charge in [-0.1, -0.05) is 0 Å². The Balaban J connectivity index is 1.22. The van der Waals surface area contributed by atoms with Crippen molar-refractivity contribution in [3.05, 3.63) is 53.1 Å². The van der Waals surface area contributed by atoms with Crippen LogP contribution in [0.5, 0.6) is 51.7 Å². The van der Waals surface area contributed by atoms with Crippen molar-refractivity contribution in [2.24, 2.45) is 11.8 Å². The van der Waals surface area contributed by atoms with E-state index in [4.69, 9.17) is 52.1 Å². The second-order valence-corrected chi connectivity index (χ2v) is 13.7. The lowest BCUT2D eigenvalue weighted by atomic mass is 9.84. The maximum absolute atomic E-state index is 11.3. The van der Waals surface area contributed by atoms with Crippen molar-refractivity contribution in [2.45, 2.75) is 55.1 Å². The van der Waals surface area contributed by atoms with E-state index in [1.165, 1.54) is 54.8 Å². The minimum atomic E-state index is -1.65. The van der Waals surface area contributed by atoms with E-state index in [0.717, 1.165) is 0 Å². The zero-order valence-electron chi connectivity index (χ0n) is 32.3. The number of aliphatic hydroxyl groups is 6. The van der Waals surface area contributed by atoms with Crippen molar-refractivity contribution in [3.8, 4) is 51.7 Å². The van der Waals surface area contributed by atoms with Crippen LogP contribution in [0.25, 0.3) is 0 Å². The van der Waals surface area contributed by atoms with Crippen LogP contribution in [-0.4, -0.2) is 142 Å². The fourth-order valence-corrected chi connectivity index (χ4v) is 7.53. The molecule has 18 nitrogen and oxygen atoms in total. The predicted molar refractivity (Wildman–Crippen MR) is 196 cm³/mol. The maximum atomic E-state index is 11.3. The first-order valence-corrected chi connectivity index (χ1v) is 18.1. The Morgan fingerprint density at radius 3 is 1.51 bits per heavy atom. The Labute approximate surface area is 328 Å². The Bertz CT molecular complexity index is 1760. The largest absolute Gasteiger partial charge is 0.502 e. The molecule has 57 heavy (non-hydrogen) atoms. The molecular formula is C39H50O18. The number of fused-ring (bicyclic) bond motifs is 1. The third-order valence-corrected chi connectivity index (χ3v) is 10.6. The lowest BCUT2D eigenvalue weighted by Crippen LogP contribution is -2.60. The molecule has 6 rings (SSSR count). The smallest absolute Gasteiger partial charge is 0.229 e. The molecule has 18 heteroatoms. The number of hydrogen-bond acceptors (Lipinski definition) is 18. The number of aliphatic hydroxyl groups excluding tert-OH is 6. The van der Waals surface area contributed by atoms with E-state index in [-0.39, 0.29) is 69.1 Å². The molecule has 7 N–H and O–H groups in total. The van der Waals surface area contributed by atoms with E-state index in [0.29, 0.717) is 24.3 Å². The fraction of sp³-hybridized carbons (Fsp3) is 0.538. The molecule has 3 heterocycles. The van der Waals surface area contributed by atoms with Gasteiger partial charge in [-0.25, -0.2) is 0 Å². The molecule has 0 bridgehead atoms. The van der Waals surface area contributed by atoms with Crippen molar-refractivity contribution in [1.82, 2.24) is 0 Å². The number of phenols is 1. The van der Waals surface area contributed by atoms with Crippen molar-refractivity contribution in [1.29, 1.82) is 0 Å². The van der Waals surface area contributed by atoms with Crippen LogP contribution >= 0.6 is 0 Å². The summed E-state index contributed by atoms with van der Waals surface area (Å²) in [7, 11) is 8.46. The molecule has 0 amide bonds. The average Bonchev–Trinajstić information content (AvgIpc) is 3.85. The molecule has 3 aliphatic heterocycles. The van der Waals surface area contributed by atoms with Gasteiger partial charge in [-0.15, -0.1) is 0 Å². The molecule has 3 saturated heterocycles. The van der Waals surface area contributed by atoms with E-state index in [9.17, 15) is 35.7 Å². The monoisotopic (exact) mass is 806 g/mol. The topological polar surface area (TPSA) is 243 Å². The van der Waals surface area contributed by atoms with Crippen LogP contribution in [0.15, 0.2) is 36.4 Å². The normalized spacial score (nSPS) is 27.9. The molecule has 0 aromatic heterocycles. The van der Waals surface area contributed by atoms with Crippen molar-refractivity contribution in [2.75, 3.05) is 69.1 Å². The van der Waals surface area contributed by atoms with Gasteiger partial charge in [0.15, 0.2) is 40.6 Å². The summed E-state index contributed by atoms with van der Waals surface area (Å²) in [5.74, 6) is 0.741. The van der Waals surface area contributed by atoms with Gasteiger partial charge in [0.1, 0.15) is 30.5 Å². The molecule has 11 unspecified atom stereocenters. The molecule has 0 radical (unpaired) electrons. The van der Waals surface area contributed by atoms with Gasteiger partial charge in [0, 0.05) is 11.8 Å². The van der Waals surface area contributed by atoms with Crippen molar-refractivity contribution in [3.63, 3.8) is 0 Å². The van der Waals surface area contributed by atoms with Crippen LogP contribution in [0.3, 0.4) is 0 Å². The highest BCUT2D eigenvalue weighted by Crippen LogP contribution is 2.54. The molecule has 0 saturated carbocycles. The van der Waals surface area contributed by atoms with Gasteiger partial charge in [-0.2, -0.15) is 0 Å². The quantitative estimate of drug-likeness (QED) is 0.107. The average molecular weight is 807 g/mol. The van der Waals surface area contributed by atoms with Crippen LogP contribution in [0.1, 0.15) is 35.0 Å². The predicted octanol–water partition coefficient (Wildman–Crippen LogP) is 1.17. The number of methoxy groups -OCH3 is 6. The number of ether oxygens (including phenoxy) is 11. The molecule has 3 aromatic carbocycles. The molecule has 3 aliphatic rings. The number of benzene rings is 3. The molecule has 0 aliphatic carbocycles. The third kappa shape index (κ3) is 8.01. The Kier molecular flexibility index (Phi) is 13.3. The highest BCUT2D eigenvalue weighted by molar-refractivity contribution is 5.57. The van der Waals surface area contributed by atoms with Crippen LogP contribution < -0.4 is 37.9 Å². The van der Waals surface area contributed by atoms with Gasteiger partial charge in [0.2, 0.25) is 23.5 Å². The summed E-state index contributed by atoms with van der Waals surface area (Å²) in [6.07, 6.45) is -11.0. The minimum absolute atomic E-state index is 0.0585. The highest BCUT2D eigenvalue weighted by atomic mass is 16.7. The van der Waals surface area contributed by atoms with Crippen molar-refractivity contribution < 1.29 is 87.9 Å². The number of rotatable bonds is 16. The third-order valence-electron chi connectivity index (χ3n) is 10.6. The lowest BCUT2D eigenvalue weighted by Gasteiger charge is -2.39. The zero-order chi connectivity index (χ0) is 41.1. The number of phenolic OH excluding ortho intramolecular Hbond substituents is 1. The maximum Gasteiger partial charge on any atom is 0.229 e. The summed E-state index contributed by atoms with van der Waals surface area (Å²) in [6.45, 7) is -0.571. The van der Waals surface area contributed by atoms with Crippen LogP contribution in [0.2, 0.25) is 0 Å². The number of aromatic hydroxyl groups is 1. The van der Waals surface area contributed by atoms with Gasteiger partial charge in [-0.3, -0.25) is 0 Å². The summed E-state index contributed by atoms with van der Waals surface area (Å²) < 4.78 is 63.6. The summed E-state index contributed by atoms with van der Waals surface area (Å²) in [6, 6.07) is 9.71. The first-order valence-electron chi connectivity index (χ1n) is 18.1. The van der Waals surface area contributed by atoms with Gasteiger partial charge in [0.25, 0.3) is 0 Å². The molecular weight excluding hydrogens is 756 g/mol. The zero-order valence-corrected chi connectivity index (χ0v) is 32.3. The molecule has 3 fully saturated rings.